The molecule has 3 heteroatoms. The average Bonchev–Trinajstić information content (AvgIpc) is 2.64. The van der Waals surface area contributed by atoms with Gasteiger partial charge in [0.15, 0.2) is 0 Å². The van der Waals surface area contributed by atoms with Gasteiger partial charge in [-0.2, -0.15) is 0 Å². The molecule has 0 bridgehead atoms. The largest absolute Gasteiger partial charge is 0.312 e. The van der Waals surface area contributed by atoms with E-state index in [9.17, 15) is 4.79 Å². The van der Waals surface area contributed by atoms with Crippen molar-refractivity contribution in [3.63, 3.8) is 0 Å². The zero-order valence-electron chi connectivity index (χ0n) is 12.0. The zero-order chi connectivity index (χ0) is 13.7. The van der Waals surface area contributed by atoms with Crippen LogP contribution in [0, 0.1) is 0 Å². The number of amides is 1. The highest BCUT2D eigenvalue weighted by Gasteiger charge is 2.24. The molecule has 1 heterocycles. The van der Waals surface area contributed by atoms with E-state index in [0.29, 0.717) is 12.5 Å². The van der Waals surface area contributed by atoms with Crippen molar-refractivity contribution in [1.82, 2.24) is 5.32 Å². The third-order valence-corrected chi connectivity index (χ3v) is 3.72. The van der Waals surface area contributed by atoms with Crippen LogP contribution in [0.1, 0.15) is 51.1 Å². The van der Waals surface area contributed by atoms with E-state index in [2.05, 4.69) is 30.4 Å². The van der Waals surface area contributed by atoms with E-state index in [4.69, 9.17) is 0 Å². The van der Waals surface area contributed by atoms with E-state index in [1.807, 2.05) is 17.9 Å². The number of nitrogens with one attached hydrogen (secondary N) is 1. The first-order valence-corrected chi connectivity index (χ1v) is 7.40. The first kappa shape index (κ1) is 14.1. The highest BCUT2D eigenvalue weighted by molar-refractivity contribution is 5.94. The van der Waals surface area contributed by atoms with Gasteiger partial charge in [0.25, 0.3) is 0 Å². The van der Waals surface area contributed by atoms with Crippen LogP contribution < -0.4 is 10.2 Å². The molecule has 0 saturated carbocycles. The zero-order valence-corrected chi connectivity index (χ0v) is 12.0. The molecule has 0 saturated heterocycles. The van der Waals surface area contributed by atoms with Crippen LogP contribution in [0.4, 0.5) is 5.69 Å². The summed E-state index contributed by atoms with van der Waals surface area (Å²) in [7, 11) is 0. The van der Waals surface area contributed by atoms with E-state index in [1.54, 1.807) is 0 Å². The van der Waals surface area contributed by atoms with Gasteiger partial charge in [0.05, 0.1) is 0 Å². The highest BCUT2D eigenvalue weighted by atomic mass is 16.2. The number of benzene rings is 1. The van der Waals surface area contributed by atoms with E-state index < -0.39 is 0 Å². The Morgan fingerprint density at radius 1 is 1.37 bits per heavy atom. The van der Waals surface area contributed by atoms with Crippen LogP contribution in [0.5, 0.6) is 0 Å². The fourth-order valence-electron chi connectivity index (χ4n) is 2.74. The maximum Gasteiger partial charge on any atom is 0.226 e. The second-order valence-electron chi connectivity index (χ2n) is 5.11. The minimum atomic E-state index is 0.226. The van der Waals surface area contributed by atoms with Crippen LogP contribution in [0.3, 0.4) is 0 Å². The smallest absolute Gasteiger partial charge is 0.226 e. The molecule has 1 aromatic carbocycles. The van der Waals surface area contributed by atoms with Gasteiger partial charge in [-0.3, -0.25) is 4.79 Å². The Hall–Kier alpha value is -1.35. The number of anilines is 1. The fourth-order valence-corrected chi connectivity index (χ4v) is 2.74. The Morgan fingerprint density at radius 2 is 2.16 bits per heavy atom. The van der Waals surface area contributed by atoms with Gasteiger partial charge in [0.2, 0.25) is 5.91 Å². The van der Waals surface area contributed by atoms with Gasteiger partial charge in [-0.25, -0.2) is 0 Å². The third kappa shape index (κ3) is 3.16. The van der Waals surface area contributed by atoms with Crippen molar-refractivity contribution in [1.29, 1.82) is 0 Å². The SMILES string of the molecule is CCCNC1CCCN(C(=O)CC)c2ccccc21. The molecule has 0 aromatic heterocycles. The Morgan fingerprint density at radius 3 is 2.89 bits per heavy atom. The van der Waals surface area contributed by atoms with Crippen LogP contribution in [-0.4, -0.2) is 19.0 Å². The van der Waals surface area contributed by atoms with Gasteiger partial charge in [-0.15, -0.1) is 0 Å². The lowest BCUT2D eigenvalue weighted by Crippen LogP contribution is -2.31. The quantitative estimate of drug-likeness (QED) is 0.901. The molecule has 1 amide bonds. The highest BCUT2D eigenvalue weighted by Crippen LogP contribution is 2.33. The Bertz CT molecular complexity index is 431. The first-order valence-electron chi connectivity index (χ1n) is 7.40. The number of hydrogen-bond donors (Lipinski definition) is 1. The number of rotatable bonds is 4. The van der Waals surface area contributed by atoms with E-state index >= 15 is 0 Å². The lowest BCUT2D eigenvalue weighted by Gasteiger charge is -2.24. The summed E-state index contributed by atoms with van der Waals surface area (Å²) in [4.78, 5) is 14.1. The number of fused-ring (bicyclic) bond motifs is 1. The van der Waals surface area contributed by atoms with E-state index in [-0.39, 0.29) is 5.91 Å². The summed E-state index contributed by atoms with van der Waals surface area (Å²) in [6.45, 7) is 5.99. The Kier molecular flexibility index (Phi) is 4.97. The second-order valence-corrected chi connectivity index (χ2v) is 5.11. The predicted octanol–water partition coefficient (Wildman–Crippen LogP) is 3.26. The topological polar surface area (TPSA) is 32.3 Å². The summed E-state index contributed by atoms with van der Waals surface area (Å²) >= 11 is 0. The van der Waals surface area contributed by atoms with Crippen molar-refractivity contribution in [3.05, 3.63) is 29.8 Å². The minimum Gasteiger partial charge on any atom is -0.312 e. The van der Waals surface area contributed by atoms with Crippen LogP contribution in [0.2, 0.25) is 0 Å². The van der Waals surface area contributed by atoms with Crippen molar-refractivity contribution in [2.75, 3.05) is 18.0 Å². The van der Waals surface area contributed by atoms with Gasteiger partial charge < -0.3 is 10.2 Å². The van der Waals surface area contributed by atoms with Crippen LogP contribution >= 0.6 is 0 Å². The molecule has 1 unspecified atom stereocenters. The Balaban J connectivity index is 2.31. The van der Waals surface area contributed by atoms with E-state index in [0.717, 1.165) is 38.0 Å². The summed E-state index contributed by atoms with van der Waals surface area (Å²) in [6.07, 6.45) is 3.87. The minimum absolute atomic E-state index is 0.226. The van der Waals surface area contributed by atoms with Crippen LogP contribution in [0.25, 0.3) is 0 Å². The monoisotopic (exact) mass is 260 g/mol. The molecular weight excluding hydrogens is 236 g/mol. The lowest BCUT2D eigenvalue weighted by atomic mass is 10.0. The normalized spacial score (nSPS) is 18.8. The van der Waals surface area contributed by atoms with Crippen molar-refractivity contribution in [2.45, 2.75) is 45.6 Å². The summed E-state index contributed by atoms with van der Waals surface area (Å²) in [5.74, 6) is 0.226. The molecule has 0 fully saturated rings. The molecule has 0 aliphatic carbocycles. The van der Waals surface area contributed by atoms with E-state index in [1.165, 1.54) is 5.56 Å². The van der Waals surface area contributed by atoms with Gasteiger partial charge in [0, 0.05) is 24.7 Å². The van der Waals surface area contributed by atoms with Crippen LogP contribution in [-0.2, 0) is 4.79 Å². The molecule has 3 nitrogen and oxygen atoms in total. The third-order valence-electron chi connectivity index (χ3n) is 3.72. The van der Waals surface area contributed by atoms with Gasteiger partial charge in [-0.1, -0.05) is 32.0 Å². The van der Waals surface area contributed by atoms with Crippen molar-refractivity contribution in [3.8, 4) is 0 Å². The van der Waals surface area contributed by atoms with Gasteiger partial charge in [0.1, 0.15) is 0 Å². The lowest BCUT2D eigenvalue weighted by molar-refractivity contribution is -0.118. The molecule has 2 rings (SSSR count). The van der Waals surface area contributed by atoms with Gasteiger partial charge >= 0.3 is 0 Å². The van der Waals surface area contributed by atoms with Crippen molar-refractivity contribution >= 4 is 11.6 Å². The molecular formula is C16H24N2O. The maximum atomic E-state index is 12.1. The molecule has 1 N–H and O–H groups in total. The molecule has 104 valence electrons. The molecule has 0 radical (unpaired) electrons. The first-order chi connectivity index (χ1) is 9.27. The molecule has 0 spiro atoms. The van der Waals surface area contributed by atoms with Crippen molar-refractivity contribution in [2.24, 2.45) is 0 Å². The summed E-state index contributed by atoms with van der Waals surface area (Å²) in [5.41, 5.74) is 2.37. The summed E-state index contributed by atoms with van der Waals surface area (Å²) < 4.78 is 0. The summed E-state index contributed by atoms with van der Waals surface area (Å²) in [5, 5.41) is 3.61. The maximum absolute atomic E-state index is 12.1. The number of carbonyl (C=O) groups excluding carboxylic acids is 1. The standard InChI is InChI=1S/C16H24N2O/c1-3-11-17-14-9-7-12-18(16(19)4-2)15-10-6-5-8-13(14)15/h5-6,8,10,14,17H,3-4,7,9,11-12H2,1-2H3. The Labute approximate surface area is 116 Å². The molecule has 1 aliphatic rings. The average molecular weight is 260 g/mol. The molecule has 19 heavy (non-hydrogen) atoms. The van der Waals surface area contributed by atoms with Gasteiger partial charge in [-0.05, 0) is 37.4 Å². The molecule has 1 aromatic rings. The number of carbonyl (C=O) groups is 1. The number of nitrogens with zero attached hydrogens (tertiary/aromatic N) is 1. The van der Waals surface area contributed by atoms with Crippen molar-refractivity contribution < 1.29 is 4.79 Å². The number of hydrogen-bond acceptors (Lipinski definition) is 2. The second kappa shape index (κ2) is 6.71. The predicted molar refractivity (Wildman–Crippen MR) is 79.4 cm³/mol. The fraction of sp³-hybridized carbons (Fsp3) is 0.562. The summed E-state index contributed by atoms with van der Waals surface area (Å²) in [6, 6.07) is 8.71. The molecule has 1 aliphatic heterocycles. The van der Waals surface area contributed by atoms with Crippen LogP contribution in [0.15, 0.2) is 24.3 Å². The molecule has 1 atom stereocenters. The number of para-hydroxylation sites is 1.